The van der Waals surface area contributed by atoms with Crippen molar-refractivity contribution in [2.75, 3.05) is 19.7 Å². The number of rotatable bonds is 6. The van der Waals surface area contributed by atoms with Crippen LogP contribution in [0.3, 0.4) is 0 Å². The molecule has 0 spiro atoms. The Morgan fingerprint density at radius 3 is 2.68 bits per heavy atom. The molecule has 1 aromatic carbocycles. The van der Waals surface area contributed by atoms with Gasteiger partial charge in [0.05, 0.1) is 30.1 Å². The van der Waals surface area contributed by atoms with Crippen molar-refractivity contribution >= 4 is 15.9 Å². The first-order valence-electron chi connectivity index (χ1n) is 9.39. The van der Waals surface area contributed by atoms with E-state index in [0.717, 1.165) is 44.5 Å². The minimum absolute atomic E-state index is 0.00942. The van der Waals surface area contributed by atoms with Crippen molar-refractivity contribution in [3.8, 4) is 0 Å². The van der Waals surface area contributed by atoms with Crippen LogP contribution in [0.4, 0.5) is 4.39 Å². The second-order valence-electron chi connectivity index (χ2n) is 7.03. The Balaban J connectivity index is 1.65. The predicted molar refractivity (Wildman–Crippen MR) is 100 cm³/mol. The van der Waals surface area contributed by atoms with E-state index in [-0.39, 0.29) is 17.2 Å². The quantitative estimate of drug-likeness (QED) is 0.685. The number of carbonyl (C=O) groups is 1. The zero-order valence-electron chi connectivity index (χ0n) is 15.5. The van der Waals surface area contributed by atoms with Gasteiger partial charge in [-0.15, -0.1) is 0 Å². The topological polar surface area (TPSA) is 95.9 Å². The van der Waals surface area contributed by atoms with E-state index in [1.54, 1.807) is 12.2 Å². The maximum Gasteiger partial charge on any atom is 0.241 e. The molecule has 2 aliphatic rings. The lowest BCUT2D eigenvalue weighted by molar-refractivity contribution is -0.136. The van der Waals surface area contributed by atoms with E-state index in [1.807, 2.05) is 4.90 Å². The van der Waals surface area contributed by atoms with Crippen molar-refractivity contribution in [2.24, 2.45) is 0 Å². The van der Waals surface area contributed by atoms with E-state index in [9.17, 15) is 22.7 Å². The number of nitrogens with one attached hydrogen (secondary N) is 1. The molecule has 0 unspecified atom stereocenters. The predicted octanol–water partition coefficient (Wildman–Crippen LogP) is 1.19. The number of ether oxygens (including phenoxy) is 1. The molecular weight excluding hydrogens is 387 g/mol. The standard InChI is InChI=1S/C19H25FN2O5S/c20-14-5-4-6-16(11-14)28(25,26)21-17-8-7-15(27-18(17)13-23)12-19(24)22-9-2-1-3-10-22/h4-8,11,15,17-18,21,23H,1-3,9-10,12-13H2/t15-,17-,18+/m1/s1. The van der Waals surface area contributed by atoms with Gasteiger partial charge in [-0.05, 0) is 37.5 Å². The fourth-order valence-electron chi connectivity index (χ4n) is 3.44. The molecule has 3 rings (SSSR count). The second kappa shape index (κ2) is 9.13. The Morgan fingerprint density at radius 1 is 1.25 bits per heavy atom. The van der Waals surface area contributed by atoms with Crippen molar-refractivity contribution in [3.63, 3.8) is 0 Å². The summed E-state index contributed by atoms with van der Waals surface area (Å²) in [6.07, 6.45) is 5.11. The van der Waals surface area contributed by atoms with Gasteiger partial charge in [0, 0.05) is 13.1 Å². The first-order valence-corrected chi connectivity index (χ1v) is 10.9. The van der Waals surface area contributed by atoms with Crippen molar-refractivity contribution in [3.05, 3.63) is 42.2 Å². The molecule has 1 aromatic rings. The molecule has 3 atom stereocenters. The molecule has 0 aliphatic carbocycles. The van der Waals surface area contributed by atoms with Gasteiger partial charge in [-0.25, -0.2) is 17.5 Å². The van der Waals surface area contributed by atoms with Gasteiger partial charge in [0.1, 0.15) is 11.9 Å². The van der Waals surface area contributed by atoms with Crippen molar-refractivity contribution < 1.29 is 27.4 Å². The number of sulfonamides is 1. The van der Waals surface area contributed by atoms with Gasteiger partial charge in [-0.2, -0.15) is 0 Å². The van der Waals surface area contributed by atoms with Crippen LogP contribution < -0.4 is 4.72 Å². The lowest BCUT2D eigenvalue weighted by Crippen LogP contribution is -2.49. The highest BCUT2D eigenvalue weighted by molar-refractivity contribution is 7.89. The number of amides is 1. The summed E-state index contributed by atoms with van der Waals surface area (Å²) < 4.78 is 46.4. The number of nitrogens with zero attached hydrogens (tertiary/aromatic N) is 1. The zero-order valence-corrected chi connectivity index (χ0v) is 16.3. The number of hydrogen-bond acceptors (Lipinski definition) is 5. The highest BCUT2D eigenvalue weighted by Crippen LogP contribution is 2.20. The highest BCUT2D eigenvalue weighted by atomic mass is 32.2. The zero-order chi connectivity index (χ0) is 20.1. The number of benzene rings is 1. The normalized spacial score (nSPS) is 25.6. The Labute approximate surface area is 164 Å². The van der Waals surface area contributed by atoms with Crippen LogP contribution in [0, 0.1) is 5.82 Å². The summed E-state index contributed by atoms with van der Waals surface area (Å²) in [6, 6.07) is 3.85. The molecular formula is C19H25FN2O5S. The lowest BCUT2D eigenvalue weighted by Gasteiger charge is -2.33. The summed E-state index contributed by atoms with van der Waals surface area (Å²) in [5.41, 5.74) is 0. The smallest absolute Gasteiger partial charge is 0.241 e. The van der Waals surface area contributed by atoms with Crippen LogP contribution in [0.1, 0.15) is 25.7 Å². The number of aliphatic hydroxyl groups excluding tert-OH is 1. The second-order valence-corrected chi connectivity index (χ2v) is 8.74. The average Bonchev–Trinajstić information content (AvgIpc) is 2.69. The molecule has 2 heterocycles. The number of hydrogen-bond donors (Lipinski definition) is 2. The van der Waals surface area contributed by atoms with Gasteiger partial charge in [0.2, 0.25) is 15.9 Å². The molecule has 0 aromatic heterocycles. The van der Waals surface area contributed by atoms with Gasteiger partial charge < -0.3 is 14.7 Å². The summed E-state index contributed by atoms with van der Waals surface area (Å²) in [5, 5.41) is 9.62. The monoisotopic (exact) mass is 412 g/mol. The van der Waals surface area contributed by atoms with Crippen LogP contribution in [-0.2, 0) is 19.6 Å². The average molecular weight is 412 g/mol. The number of likely N-dealkylation sites (tertiary alicyclic amines) is 1. The van der Waals surface area contributed by atoms with Crippen LogP contribution in [0.2, 0.25) is 0 Å². The summed E-state index contributed by atoms with van der Waals surface area (Å²) >= 11 is 0. The molecule has 2 N–H and O–H groups in total. The van der Waals surface area contributed by atoms with Crippen LogP contribution in [0.25, 0.3) is 0 Å². The van der Waals surface area contributed by atoms with Crippen LogP contribution in [0.5, 0.6) is 0 Å². The summed E-state index contributed by atoms with van der Waals surface area (Å²) in [4.78, 5) is 14.0. The highest BCUT2D eigenvalue weighted by Gasteiger charge is 2.32. The van der Waals surface area contributed by atoms with Crippen molar-refractivity contribution in [1.82, 2.24) is 9.62 Å². The van der Waals surface area contributed by atoms with E-state index in [1.165, 1.54) is 12.1 Å². The van der Waals surface area contributed by atoms with Crippen LogP contribution >= 0.6 is 0 Å². The largest absolute Gasteiger partial charge is 0.394 e. The number of carbonyl (C=O) groups excluding carboxylic acids is 1. The Bertz CT molecular complexity index is 823. The molecule has 1 amide bonds. The molecule has 28 heavy (non-hydrogen) atoms. The van der Waals surface area contributed by atoms with E-state index >= 15 is 0 Å². The minimum atomic E-state index is -3.99. The van der Waals surface area contributed by atoms with Crippen molar-refractivity contribution in [1.29, 1.82) is 0 Å². The van der Waals surface area contributed by atoms with Gasteiger partial charge >= 0.3 is 0 Å². The fraction of sp³-hybridized carbons (Fsp3) is 0.526. The van der Waals surface area contributed by atoms with E-state index in [4.69, 9.17) is 4.74 Å². The van der Waals surface area contributed by atoms with Gasteiger partial charge in [-0.1, -0.05) is 18.2 Å². The Morgan fingerprint density at radius 2 is 2.00 bits per heavy atom. The van der Waals surface area contributed by atoms with Gasteiger partial charge in [0.15, 0.2) is 0 Å². The number of aliphatic hydroxyl groups is 1. The first kappa shape index (κ1) is 20.9. The van der Waals surface area contributed by atoms with Crippen LogP contribution in [-0.4, -0.2) is 62.3 Å². The Kier molecular flexibility index (Phi) is 6.82. The molecule has 1 saturated heterocycles. The summed E-state index contributed by atoms with van der Waals surface area (Å²) in [6.45, 7) is 1.07. The lowest BCUT2D eigenvalue weighted by atomic mass is 10.0. The molecule has 0 radical (unpaired) electrons. The molecule has 0 saturated carbocycles. The molecule has 0 bridgehead atoms. The van der Waals surface area contributed by atoms with E-state index in [2.05, 4.69) is 4.72 Å². The van der Waals surface area contributed by atoms with E-state index < -0.39 is 40.7 Å². The SMILES string of the molecule is O=C(C[C@H]1C=C[C@@H](NS(=O)(=O)c2cccc(F)c2)[C@H](CO)O1)N1CCCCC1. The van der Waals surface area contributed by atoms with Crippen LogP contribution in [0.15, 0.2) is 41.3 Å². The summed E-state index contributed by atoms with van der Waals surface area (Å²) in [7, 11) is -3.99. The third-order valence-electron chi connectivity index (χ3n) is 4.95. The van der Waals surface area contributed by atoms with Crippen molar-refractivity contribution in [2.45, 2.75) is 48.8 Å². The molecule has 1 fully saturated rings. The maximum atomic E-state index is 13.3. The molecule has 2 aliphatic heterocycles. The number of halogens is 1. The minimum Gasteiger partial charge on any atom is -0.394 e. The van der Waals surface area contributed by atoms with Gasteiger partial charge in [-0.3, -0.25) is 4.79 Å². The number of piperidine rings is 1. The summed E-state index contributed by atoms with van der Waals surface area (Å²) in [5.74, 6) is -0.668. The first-order chi connectivity index (χ1) is 13.4. The fourth-order valence-corrected chi connectivity index (χ4v) is 4.69. The third-order valence-corrected chi connectivity index (χ3v) is 6.40. The maximum absolute atomic E-state index is 13.3. The molecule has 7 nitrogen and oxygen atoms in total. The van der Waals surface area contributed by atoms with E-state index in [0.29, 0.717) is 0 Å². The molecule has 9 heteroatoms. The molecule has 154 valence electrons. The third kappa shape index (κ3) is 5.16. The Hall–Kier alpha value is -1.81. The van der Waals surface area contributed by atoms with Gasteiger partial charge in [0.25, 0.3) is 0 Å².